The average Bonchev–Trinajstić information content (AvgIpc) is 3.38. The lowest BCUT2D eigenvalue weighted by molar-refractivity contribution is 0.227. The van der Waals surface area contributed by atoms with Crippen molar-refractivity contribution in [3.8, 4) is 11.5 Å². The molecule has 0 saturated heterocycles. The van der Waals surface area contributed by atoms with Gasteiger partial charge in [0.2, 0.25) is 0 Å². The molecule has 0 spiro atoms. The first-order valence-electron chi connectivity index (χ1n) is 11.7. The van der Waals surface area contributed by atoms with Crippen LogP contribution in [0.15, 0.2) is 48.5 Å². The number of aryl methyl sites for hydroxylation is 1. The van der Waals surface area contributed by atoms with Gasteiger partial charge in [0.05, 0.1) is 6.61 Å². The van der Waals surface area contributed by atoms with Gasteiger partial charge in [0, 0.05) is 28.7 Å². The average molecular weight is 421 g/mol. The highest BCUT2D eigenvalue weighted by molar-refractivity contribution is 5.84. The first kappa shape index (κ1) is 21.8. The summed E-state index contributed by atoms with van der Waals surface area (Å²) in [6.07, 6.45) is 6.22. The van der Waals surface area contributed by atoms with Crippen molar-refractivity contribution in [3.63, 3.8) is 0 Å². The third-order valence-corrected chi connectivity index (χ3v) is 6.41. The van der Waals surface area contributed by atoms with E-state index in [4.69, 9.17) is 9.47 Å². The number of hydrogen-bond acceptors (Lipinski definition) is 3. The van der Waals surface area contributed by atoms with Crippen molar-refractivity contribution in [1.29, 1.82) is 0 Å². The number of aromatic amines is 1. The standard InChI is InChI=1S/C27H36N2O2/c1-20-23(22-12-6-7-13-24(22)29-20)18-27(2,3)28-16-17-30-25-14-8-9-15-26(25)31-19-21-10-4-5-11-21/h6-9,12-15,21,28-29H,4-5,10-11,16-19H2,1-3H3. The van der Waals surface area contributed by atoms with Crippen LogP contribution in [0.4, 0.5) is 0 Å². The van der Waals surface area contributed by atoms with Crippen LogP contribution in [0.3, 0.4) is 0 Å². The van der Waals surface area contributed by atoms with E-state index in [0.29, 0.717) is 12.5 Å². The topological polar surface area (TPSA) is 46.3 Å². The van der Waals surface area contributed by atoms with Crippen LogP contribution in [0, 0.1) is 12.8 Å². The molecule has 1 aliphatic rings. The van der Waals surface area contributed by atoms with Crippen molar-refractivity contribution in [1.82, 2.24) is 10.3 Å². The Morgan fingerprint density at radius 1 is 0.968 bits per heavy atom. The number of aromatic nitrogens is 1. The van der Waals surface area contributed by atoms with Gasteiger partial charge in [0.1, 0.15) is 6.61 Å². The minimum Gasteiger partial charge on any atom is -0.489 e. The fraction of sp³-hybridized carbons (Fsp3) is 0.481. The van der Waals surface area contributed by atoms with Crippen molar-refractivity contribution >= 4 is 10.9 Å². The highest BCUT2D eigenvalue weighted by Crippen LogP contribution is 2.30. The Morgan fingerprint density at radius 3 is 2.42 bits per heavy atom. The van der Waals surface area contributed by atoms with E-state index in [0.717, 1.165) is 31.1 Å². The normalized spacial score (nSPS) is 14.9. The van der Waals surface area contributed by atoms with Crippen molar-refractivity contribution in [2.45, 2.75) is 58.4 Å². The zero-order valence-corrected chi connectivity index (χ0v) is 19.2. The smallest absolute Gasteiger partial charge is 0.161 e. The molecule has 1 heterocycles. The van der Waals surface area contributed by atoms with Crippen molar-refractivity contribution in [3.05, 3.63) is 59.8 Å². The highest BCUT2D eigenvalue weighted by Gasteiger charge is 2.21. The predicted molar refractivity (Wildman–Crippen MR) is 128 cm³/mol. The van der Waals surface area contributed by atoms with Crippen molar-refractivity contribution in [2.24, 2.45) is 5.92 Å². The van der Waals surface area contributed by atoms with Crippen LogP contribution in [0.2, 0.25) is 0 Å². The number of para-hydroxylation sites is 3. The number of ether oxygens (including phenoxy) is 2. The van der Waals surface area contributed by atoms with Crippen molar-refractivity contribution in [2.75, 3.05) is 19.8 Å². The SMILES string of the molecule is Cc1[nH]c2ccccc2c1CC(C)(C)NCCOc1ccccc1OCC1CCCC1. The largest absolute Gasteiger partial charge is 0.489 e. The molecule has 0 bridgehead atoms. The van der Waals surface area contributed by atoms with E-state index in [1.807, 2.05) is 24.3 Å². The van der Waals surface area contributed by atoms with E-state index in [2.05, 4.69) is 55.3 Å². The summed E-state index contributed by atoms with van der Waals surface area (Å²) >= 11 is 0. The molecular weight excluding hydrogens is 384 g/mol. The summed E-state index contributed by atoms with van der Waals surface area (Å²) < 4.78 is 12.2. The summed E-state index contributed by atoms with van der Waals surface area (Å²) in [5.74, 6) is 2.40. The van der Waals surface area contributed by atoms with Crippen LogP contribution in [0.1, 0.15) is 50.8 Å². The van der Waals surface area contributed by atoms with Gasteiger partial charge in [-0.1, -0.05) is 43.2 Å². The van der Waals surface area contributed by atoms with Crippen LogP contribution < -0.4 is 14.8 Å². The molecule has 2 N–H and O–H groups in total. The Labute approximate surface area is 186 Å². The third-order valence-electron chi connectivity index (χ3n) is 6.41. The maximum absolute atomic E-state index is 6.09. The minimum absolute atomic E-state index is 0.0302. The van der Waals surface area contributed by atoms with E-state index in [-0.39, 0.29) is 5.54 Å². The molecule has 3 aromatic rings. The Bertz CT molecular complexity index is 986. The summed E-state index contributed by atoms with van der Waals surface area (Å²) in [5.41, 5.74) is 3.82. The number of H-pyrrole nitrogens is 1. The first-order valence-corrected chi connectivity index (χ1v) is 11.7. The van der Waals surface area contributed by atoms with E-state index in [1.54, 1.807) is 0 Å². The summed E-state index contributed by atoms with van der Waals surface area (Å²) in [5, 5.41) is 4.99. The maximum atomic E-state index is 6.09. The first-order chi connectivity index (χ1) is 15.0. The Morgan fingerprint density at radius 2 is 1.65 bits per heavy atom. The summed E-state index contributed by atoms with van der Waals surface area (Å²) in [6.45, 7) is 8.87. The summed E-state index contributed by atoms with van der Waals surface area (Å²) in [6, 6.07) is 16.6. The van der Waals surface area contributed by atoms with Crippen molar-refractivity contribution < 1.29 is 9.47 Å². The summed E-state index contributed by atoms with van der Waals surface area (Å²) in [7, 11) is 0. The van der Waals surface area contributed by atoms with Crippen LogP contribution in [-0.4, -0.2) is 30.3 Å². The van der Waals surface area contributed by atoms with Gasteiger partial charge in [-0.05, 0) is 69.7 Å². The highest BCUT2D eigenvalue weighted by atomic mass is 16.5. The molecule has 1 aliphatic carbocycles. The van der Waals surface area contributed by atoms with Crippen LogP contribution in [-0.2, 0) is 6.42 Å². The second-order valence-corrected chi connectivity index (χ2v) is 9.52. The van der Waals surface area contributed by atoms with Gasteiger partial charge in [-0.3, -0.25) is 0 Å². The quantitative estimate of drug-likeness (QED) is 0.393. The zero-order valence-electron chi connectivity index (χ0n) is 19.2. The molecule has 166 valence electrons. The molecular formula is C27H36N2O2. The number of rotatable bonds is 10. The summed E-state index contributed by atoms with van der Waals surface area (Å²) in [4.78, 5) is 3.51. The van der Waals surface area contributed by atoms with E-state index in [9.17, 15) is 0 Å². The molecule has 2 aromatic carbocycles. The van der Waals surface area contributed by atoms with E-state index < -0.39 is 0 Å². The lowest BCUT2D eigenvalue weighted by Gasteiger charge is -2.27. The molecule has 0 amide bonds. The molecule has 0 radical (unpaired) electrons. The molecule has 4 nitrogen and oxygen atoms in total. The van der Waals surface area contributed by atoms with Gasteiger partial charge in [-0.15, -0.1) is 0 Å². The molecule has 31 heavy (non-hydrogen) atoms. The molecule has 4 rings (SSSR count). The lowest BCUT2D eigenvalue weighted by Crippen LogP contribution is -2.43. The van der Waals surface area contributed by atoms with E-state index >= 15 is 0 Å². The Hall–Kier alpha value is -2.46. The van der Waals surface area contributed by atoms with Gasteiger partial charge in [-0.25, -0.2) is 0 Å². The number of fused-ring (bicyclic) bond motifs is 1. The third kappa shape index (κ3) is 5.62. The fourth-order valence-corrected chi connectivity index (χ4v) is 4.69. The van der Waals surface area contributed by atoms with Crippen LogP contribution in [0.5, 0.6) is 11.5 Å². The molecule has 4 heteroatoms. The monoisotopic (exact) mass is 420 g/mol. The van der Waals surface area contributed by atoms with Gasteiger partial charge in [0.25, 0.3) is 0 Å². The molecule has 0 unspecified atom stereocenters. The van der Waals surface area contributed by atoms with Crippen LogP contribution >= 0.6 is 0 Å². The van der Waals surface area contributed by atoms with Gasteiger partial charge >= 0.3 is 0 Å². The minimum atomic E-state index is -0.0302. The van der Waals surface area contributed by atoms with Gasteiger partial charge in [0.15, 0.2) is 11.5 Å². The second kappa shape index (κ2) is 9.78. The number of hydrogen-bond donors (Lipinski definition) is 2. The van der Waals surface area contributed by atoms with Gasteiger partial charge < -0.3 is 19.8 Å². The van der Waals surface area contributed by atoms with Gasteiger partial charge in [-0.2, -0.15) is 0 Å². The maximum Gasteiger partial charge on any atom is 0.161 e. The number of nitrogens with one attached hydrogen (secondary N) is 2. The van der Waals surface area contributed by atoms with E-state index in [1.165, 1.54) is 47.8 Å². The Kier molecular flexibility index (Phi) is 6.86. The van der Waals surface area contributed by atoms with Crippen LogP contribution in [0.25, 0.3) is 10.9 Å². The second-order valence-electron chi connectivity index (χ2n) is 9.52. The molecule has 0 aliphatic heterocycles. The molecule has 1 aromatic heterocycles. The molecule has 1 fully saturated rings. The fourth-order valence-electron chi connectivity index (χ4n) is 4.69. The lowest BCUT2D eigenvalue weighted by atomic mass is 9.93. The Balaban J connectivity index is 1.28. The zero-order chi connectivity index (χ0) is 21.7. The number of benzene rings is 2. The molecule has 0 atom stereocenters. The predicted octanol–water partition coefficient (Wildman–Crippen LogP) is 6.04. The molecule has 1 saturated carbocycles.